The molecular formula is C16H16Cl2N2OS. The van der Waals surface area contributed by atoms with Gasteiger partial charge in [0.2, 0.25) is 0 Å². The van der Waals surface area contributed by atoms with Gasteiger partial charge in [-0.05, 0) is 42.0 Å². The summed E-state index contributed by atoms with van der Waals surface area (Å²) in [5.41, 5.74) is 1.90. The maximum Gasteiger partial charge on any atom is 0.319 e. The molecule has 22 heavy (non-hydrogen) atoms. The first-order chi connectivity index (χ1) is 10.6. The zero-order valence-electron chi connectivity index (χ0n) is 11.8. The van der Waals surface area contributed by atoms with Crippen LogP contribution in [0.25, 0.3) is 0 Å². The van der Waals surface area contributed by atoms with E-state index in [1.54, 1.807) is 36.0 Å². The minimum absolute atomic E-state index is 0.217. The molecule has 0 fully saturated rings. The Morgan fingerprint density at radius 2 is 1.82 bits per heavy atom. The highest BCUT2D eigenvalue weighted by Crippen LogP contribution is 2.16. The first-order valence-electron chi connectivity index (χ1n) is 6.76. The largest absolute Gasteiger partial charge is 0.337 e. The molecule has 0 aliphatic heterocycles. The van der Waals surface area contributed by atoms with Crippen molar-refractivity contribution in [2.24, 2.45) is 0 Å². The Kier molecular flexibility index (Phi) is 6.90. The van der Waals surface area contributed by atoms with Gasteiger partial charge in [-0.15, -0.1) is 0 Å². The van der Waals surface area contributed by atoms with E-state index in [0.29, 0.717) is 17.3 Å². The summed E-state index contributed by atoms with van der Waals surface area (Å²) in [7, 11) is 0. The molecule has 2 rings (SSSR count). The number of hydrogen-bond acceptors (Lipinski definition) is 2. The van der Waals surface area contributed by atoms with E-state index in [1.807, 2.05) is 24.3 Å². The van der Waals surface area contributed by atoms with Gasteiger partial charge in [0.25, 0.3) is 0 Å². The second-order valence-electron chi connectivity index (χ2n) is 4.57. The van der Waals surface area contributed by atoms with E-state index in [-0.39, 0.29) is 6.03 Å². The summed E-state index contributed by atoms with van der Waals surface area (Å²) >= 11 is 13.5. The number of benzene rings is 2. The van der Waals surface area contributed by atoms with E-state index >= 15 is 0 Å². The molecule has 3 nitrogen and oxygen atoms in total. The number of amides is 2. The average Bonchev–Trinajstić information content (AvgIpc) is 2.49. The number of carbonyl (C=O) groups is 1. The Hall–Kier alpha value is -1.36. The van der Waals surface area contributed by atoms with Crippen molar-refractivity contribution in [3.05, 3.63) is 64.1 Å². The summed E-state index contributed by atoms with van der Waals surface area (Å²) < 4.78 is 0. The highest BCUT2D eigenvalue weighted by Gasteiger charge is 2.01. The fourth-order valence-corrected chi connectivity index (χ4v) is 2.91. The maximum absolute atomic E-state index is 11.7. The number of thioether (sulfide) groups is 1. The van der Waals surface area contributed by atoms with Gasteiger partial charge in [0.05, 0.1) is 0 Å². The maximum atomic E-state index is 11.7. The van der Waals surface area contributed by atoms with Gasteiger partial charge in [-0.2, -0.15) is 11.8 Å². The van der Waals surface area contributed by atoms with Crippen molar-refractivity contribution in [1.29, 1.82) is 0 Å². The normalized spacial score (nSPS) is 10.3. The lowest BCUT2D eigenvalue weighted by atomic mass is 10.2. The molecule has 2 aromatic carbocycles. The molecule has 0 unspecified atom stereocenters. The number of carbonyl (C=O) groups excluding carboxylic acids is 1. The highest BCUT2D eigenvalue weighted by molar-refractivity contribution is 7.98. The lowest BCUT2D eigenvalue weighted by Gasteiger charge is -2.07. The van der Waals surface area contributed by atoms with Gasteiger partial charge in [-0.3, -0.25) is 0 Å². The van der Waals surface area contributed by atoms with Crippen LogP contribution in [0.2, 0.25) is 10.0 Å². The van der Waals surface area contributed by atoms with E-state index in [4.69, 9.17) is 23.2 Å². The molecule has 2 amide bonds. The number of hydrogen-bond donors (Lipinski definition) is 2. The molecule has 2 N–H and O–H groups in total. The highest BCUT2D eigenvalue weighted by atomic mass is 35.5. The third kappa shape index (κ3) is 6.18. The Morgan fingerprint density at radius 3 is 2.55 bits per heavy atom. The quantitative estimate of drug-likeness (QED) is 0.712. The SMILES string of the molecule is O=C(NCCSCc1cccc(Cl)c1)Nc1ccc(Cl)cc1. The summed E-state index contributed by atoms with van der Waals surface area (Å²) in [5.74, 6) is 1.71. The first-order valence-corrected chi connectivity index (χ1v) is 8.67. The van der Waals surface area contributed by atoms with Crippen molar-refractivity contribution in [1.82, 2.24) is 5.32 Å². The van der Waals surface area contributed by atoms with Gasteiger partial charge in [-0.25, -0.2) is 4.79 Å². The average molecular weight is 355 g/mol. The first kappa shape index (κ1) is 17.0. The van der Waals surface area contributed by atoms with Crippen molar-refractivity contribution in [2.75, 3.05) is 17.6 Å². The Morgan fingerprint density at radius 1 is 1.05 bits per heavy atom. The molecule has 116 valence electrons. The predicted molar refractivity (Wildman–Crippen MR) is 96.1 cm³/mol. The van der Waals surface area contributed by atoms with E-state index in [1.165, 1.54) is 5.56 Å². The van der Waals surface area contributed by atoms with Crippen LogP contribution in [0.15, 0.2) is 48.5 Å². The van der Waals surface area contributed by atoms with Crippen LogP contribution in [0.1, 0.15) is 5.56 Å². The lowest BCUT2D eigenvalue weighted by molar-refractivity contribution is 0.252. The fraction of sp³-hybridized carbons (Fsp3) is 0.188. The summed E-state index contributed by atoms with van der Waals surface area (Å²) in [5, 5.41) is 6.95. The summed E-state index contributed by atoms with van der Waals surface area (Å²) in [6.45, 7) is 0.602. The van der Waals surface area contributed by atoms with Gasteiger partial charge in [0, 0.05) is 33.8 Å². The molecule has 6 heteroatoms. The molecular weight excluding hydrogens is 339 g/mol. The minimum Gasteiger partial charge on any atom is -0.337 e. The molecule has 0 heterocycles. The van der Waals surface area contributed by atoms with Crippen LogP contribution < -0.4 is 10.6 Å². The van der Waals surface area contributed by atoms with Crippen molar-refractivity contribution in [2.45, 2.75) is 5.75 Å². The van der Waals surface area contributed by atoms with Crippen LogP contribution in [0.5, 0.6) is 0 Å². The number of halogens is 2. The van der Waals surface area contributed by atoms with Crippen molar-refractivity contribution < 1.29 is 4.79 Å². The van der Waals surface area contributed by atoms with Crippen molar-refractivity contribution >= 4 is 46.7 Å². The molecule has 0 bridgehead atoms. The molecule has 0 spiro atoms. The molecule has 0 aliphatic carbocycles. The monoisotopic (exact) mass is 354 g/mol. The van der Waals surface area contributed by atoms with Crippen molar-refractivity contribution in [3.63, 3.8) is 0 Å². The van der Waals surface area contributed by atoms with Crippen LogP contribution >= 0.6 is 35.0 Å². The molecule has 0 atom stereocenters. The van der Waals surface area contributed by atoms with Crippen LogP contribution in [0, 0.1) is 0 Å². The molecule has 0 saturated heterocycles. The second kappa shape index (κ2) is 8.93. The number of urea groups is 1. The topological polar surface area (TPSA) is 41.1 Å². The summed E-state index contributed by atoms with van der Waals surface area (Å²) in [6.07, 6.45) is 0. The third-order valence-electron chi connectivity index (χ3n) is 2.79. The number of nitrogens with one attached hydrogen (secondary N) is 2. The molecule has 0 aliphatic rings. The molecule has 0 saturated carbocycles. The summed E-state index contributed by atoms with van der Waals surface area (Å²) in [4.78, 5) is 11.7. The van der Waals surface area contributed by atoms with Gasteiger partial charge in [-0.1, -0.05) is 35.3 Å². The molecule has 2 aromatic rings. The minimum atomic E-state index is -0.217. The zero-order valence-corrected chi connectivity index (χ0v) is 14.1. The Balaban J connectivity index is 1.62. The number of anilines is 1. The fourth-order valence-electron chi connectivity index (χ4n) is 1.76. The zero-order chi connectivity index (χ0) is 15.8. The van der Waals surface area contributed by atoms with Crippen molar-refractivity contribution in [3.8, 4) is 0 Å². The van der Waals surface area contributed by atoms with E-state index in [0.717, 1.165) is 16.5 Å². The Bertz CT molecular complexity index is 620. The van der Waals surface area contributed by atoms with E-state index in [9.17, 15) is 4.79 Å². The van der Waals surface area contributed by atoms with Crippen LogP contribution in [0.4, 0.5) is 10.5 Å². The van der Waals surface area contributed by atoms with Crippen LogP contribution in [-0.2, 0) is 5.75 Å². The van der Waals surface area contributed by atoms with Gasteiger partial charge in [0.1, 0.15) is 0 Å². The molecule has 0 radical (unpaired) electrons. The van der Waals surface area contributed by atoms with Gasteiger partial charge < -0.3 is 10.6 Å². The van der Waals surface area contributed by atoms with Crippen LogP contribution in [-0.4, -0.2) is 18.3 Å². The molecule has 0 aromatic heterocycles. The van der Waals surface area contributed by atoms with E-state index < -0.39 is 0 Å². The number of rotatable bonds is 6. The van der Waals surface area contributed by atoms with Crippen LogP contribution in [0.3, 0.4) is 0 Å². The van der Waals surface area contributed by atoms with Gasteiger partial charge >= 0.3 is 6.03 Å². The van der Waals surface area contributed by atoms with Gasteiger partial charge in [0.15, 0.2) is 0 Å². The van der Waals surface area contributed by atoms with E-state index in [2.05, 4.69) is 10.6 Å². The smallest absolute Gasteiger partial charge is 0.319 e. The Labute approximate surface area is 144 Å². The lowest BCUT2D eigenvalue weighted by Crippen LogP contribution is -2.30. The summed E-state index contributed by atoms with van der Waals surface area (Å²) in [6, 6.07) is 14.6. The standard InChI is InChI=1S/C16H16Cl2N2OS/c17-13-4-6-15(7-5-13)20-16(21)19-8-9-22-11-12-2-1-3-14(18)10-12/h1-7,10H,8-9,11H2,(H2,19,20,21). The predicted octanol–water partition coefficient (Wildman–Crippen LogP) is 5.05. The third-order valence-corrected chi connectivity index (χ3v) is 4.31. The second-order valence-corrected chi connectivity index (χ2v) is 6.55.